The van der Waals surface area contributed by atoms with E-state index in [1.165, 1.54) is 11.1 Å². The van der Waals surface area contributed by atoms with Crippen LogP contribution in [0.4, 0.5) is 0 Å². The minimum absolute atomic E-state index is 0.0212. The van der Waals surface area contributed by atoms with Crippen molar-refractivity contribution in [2.75, 3.05) is 13.1 Å². The molecule has 16 heavy (non-hydrogen) atoms. The highest BCUT2D eigenvalue weighted by Crippen LogP contribution is 2.29. The first-order valence-corrected chi connectivity index (χ1v) is 6.08. The van der Waals surface area contributed by atoms with Gasteiger partial charge in [0.25, 0.3) is 0 Å². The zero-order valence-corrected chi connectivity index (χ0v) is 10.4. The third-order valence-corrected chi connectivity index (χ3v) is 3.42. The maximum Gasteiger partial charge on any atom is 0.0957 e. The fraction of sp³-hybridized carbons (Fsp3) is 0.571. The molecule has 2 unspecified atom stereocenters. The second-order valence-corrected chi connectivity index (χ2v) is 4.95. The molecule has 0 amide bonds. The van der Waals surface area contributed by atoms with Crippen molar-refractivity contribution in [3.63, 3.8) is 0 Å². The summed E-state index contributed by atoms with van der Waals surface area (Å²) in [6.45, 7) is 8.35. The normalized spacial score (nSPS) is 30.3. The highest BCUT2D eigenvalue weighted by molar-refractivity contribution is 5.25. The van der Waals surface area contributed by atoms with E-state index >= 15 is 0 Å². The predicted molar refractivity (Wildman–Crippen MR) is 66.6 cm³/mol. The van der Waals surface area contributed by atoms with Crippen molar-refractivity contribution in [2.45, 2.75) is 38.9 Å². The molecule has 1 aliphatic rings. The third-order valence-electron chi connectivity index (χ3n) is 3.42. The Morgan fingerprint density at radius 3 is 3.00 bits per heavy atom. The van der Waals surface area contributed by atoms with E-state index in [0.717, 1.165) is 19.5 Å². The van der Waals surface area contributed by atoms with Gasteiger partial charge < -0.3 is 10.1 Å². The van der Waals surface area contributed by atoms with Gasteiger partial charge in [0.2, 0.25) is 0 Å². The summed E-state index contributed by atoms with van der Waals surface area (Å²) in [5.74, 6) is 0. The van der Waals surface area contributed by atoms with Crippen LogP contribution in [0.25, 0.3) is 0 Å². The summed E-state index contributed by atoms with van der Waals surface area (Å²) in [5, 5.41) is 3.47. The second-order valence-electron chi connectivity index (χ2n) is 4.95. The van der Waals surface area contributed by atoms with Crippen LogP contribution >= 0.6 is 0 Å². The molecule has 0 spiro atoms. The molecule has 1 N–H and O–H groups in total. The van der Waals surface area contributed by atoms with Crippen LogP contribution in [-0.2, 0) is 4.74 Å². The smallest absolute Gasteiger partial charge is 0.0957 e. The summed E-state index contributed by atoms with van der Waals surface area (Å²) in [6, 6.07) is 8.60. The summed E-state index contributed by atoms with van der Waals surface area (Å²) >= 11 is 0. The van der Waals surface area contributed by atoms with Crippen molar-refractivity contribution in [3.8, 4) is 0 Å². The molecule has 1 aromatic rings. The molecule has 0 aromatic heterocycles. The van der Waals surface area contributed by atoms with Crippen LogP contribution in [0.15, 0.2) is 24.3 Å². The van der Waals surface area contributed by atoms with Gasteiger partial charge in [0, 0.05) is 13.1 Å². The standard InChI is InChI=1S/C14H21NO/c1-4-14(3)10-15-9-13(16-14)12-7-5-6-11(2)8-12/h5-8,13,15H,4,9-10H2,1-3H3. The number of benzene rings is 1. The van der Waals surface area contributed by atoms with Gasteiger partial charge in [0.05, 0.1) is 11.7 Å². The lowest BCUT2D eigenvalue weighted by Gasteiger charge is -2.39. The van der Waals surface area contributed by atoms with Crippen molar-refractivity contribution >= 4 is 0 Å². The number of hydrogen-bond acceptors (Lipinski definition) is 2. The van der Waals surface area contributed by atoms with Crippen LogP contribution in [0.3, 0.4) is 0 Å². The van der Waals surface area contributed by atoms with Crippen molar-refractivity contribution in [1.29, 1.82) is 0 Å². The average molecular weight is 219 g/mol. The Labute approximate surface area is 98.0 Å². The number of aryl methyl sites for hydroxylation is 1. The Bertz CT molecular complexity index is 364. The first-order valence-electron chi connectivity index (χ1n) is 6.08. The zero-order valence-electron chi connectivity index (χ0n) is 10.4. The molecule has 0 bridgehead atoms. The predicted octanol–water partition coefficient (Wildman–Crippen LogP) is 2.82. The molecule has 88 valence electrons. The van der Waals surface area contributed by atoms with E-state index in [1.54, 1.807) is 0 Å². The Hall–Kier alpha value is -0.860. The van der Waals surface area contributed by atoms with Crippen molar-refractivity contribution in [3.05, 3.63) is 35.4 Å². The van der Waals surface area contributed by atoms with E-state index in [4.69, 9.17) is 4.74 Å². The molecule has 1 saturated heterocycles. The number of morpholine rings is 1. The van der Waals surface area contributed by atoms with Gasteiger partial charge in [-0.1, -0.05) is 36.8 Å². The first-order chi connectivity index (χ1) is 7.63. The number of hydrogen-bond donors (Lipinski definition) is 1. The molecule has 2 nitrogen and oxygen atoms in total. The maximum absolute atomic E-state index is 6.20. The fourth-order valence-corrected chi connectivity index (χ4v) is 2.16. The summed E-state index contributed by atoms with van der Waals surface area (Å²) in [6.07, 6.45) is 1.24. The summed E-state index contributed by atoms with van der Waals surface area (Å²) in [7, 11) is 0. The molecule has 2 heteroatoms. The largest absolute Gasteiger partial charge is 0.365 e. The van der Waals surface area contributed by atoms with E-state index in [9.17, 15) is 0 Å². The van der Waals surface area contributed by atoms with Gasteiger partial charge in [0.15, 0.2) is 0 Å². The lowest BCUT2D eigenvalue weighted by atomic mass is 9.98. The molecule has 1 aromatic carbocycles. The van der Waals surface area contributed by atoms with Crippen molar-refractivity contribution in [2.24, 2.45) is 0 Å². The Morgan fingerprint density at radius 1 is 1.50 bits per heavy atom. The van der Waals surface area contributed by atoms with Crippen LogP contribution in [-0.4, -0.2) is 18.7 Å². The van der Waals surface area contributed by atoms with Gasteiger partial charge in [0.1, 0.15) is 0 Å². The van der Waals surface area contributed by atoms with E-state index in [2.05, 4.69) is 50.4 Å². The minimum Gasteiger partial charge on any atom is -0.365 e. The molecule has 2 atom stereocenters. The van der Waals surface area contributed by atoms with Crippen LogP contribution in [0, 0.1) is 6.92 Å². The number of ether oxygens (including phenoxy) is 1. The molecule has 1 heterocycles. The van der Waals surface area contributed by atoms with E-state index in [0.29, 0.717) is 0 Å². The van der Waals surface area contributed by atoms with Crippen molar-refractivity contribution in [1.82, 2.24) is 5.32 Å². The van der Waals surface area contributed by atoms with Gasteiger partial charge in [-0.3, -0.25) is 0 Å². The number of nitrogens with one attached hydrogen (secondary N) is 1. The van der Waals surface area contributed by atoms with Crippen LogP contribution in [0.1, 0.15) is 37.5 Å². The number of rotatable bonds is 2. The van der Waals surface area contributed by atoms with Crippen molar-refractivity contribution < 1.29 is 4.74 Å². The fourth-order valence-electron chi connectivity index (χ4n) is 2.16. The summed E-state index contributed by atoms with van der Waals surface area (Å²) in [4.78, 5) is 0. The molecule has 0 aliphatic carbocycles. The first kappa shape index (κ1) is 11.6. The molecule has 1 aliphatic heterocycles. The Kier molecular flexibility index (Phi) is 3.31. The monoisotopic (exact) mass is 219 g/mol. The molecule has 1 fully saturated rings. The van der Waals surface area contributed by atoms with Gasteiger partial charge in [-0.25, -0.2) is 0 Å². The van der Waals surface area contributed by atoms with Crippen LogP contribution < -0.4 is 5.32 Å². The van der Waals surface area contributed by atoms with E-state index < -0.39 is 0 Å². The molecule has 0 radical (unpaired) electrons. The summed E-state index contributed by atoms with van der Waals surface area (Å²) in [5.41, 5.74) is 2.56. The SMILES string of the molecule is CCC1(C)CNCC(c2cccc(C)c2)O1. The van der Waals surface area contributed by atoms with E-state index in [-0.39, 0.29) is 11.7 Å². The lowest BCUT2D eigenvalue weighted by molar-refractivity contribution is -0.109. The zero-order chi connectivity index (χ0) is 11.6. The average Bonchev–Trinajstić information content (AvgIpc) is 2.29. The Morgan fingerprint density at radius 2 is 2.31 bits per heavy atom. The highest BCUT2D eigenvalue weighted by Gasteiger charge is 2.31. The summed E-state index contributed by atoms with van der Waals surface area (Å²) < 4.78 is 6.20. The Balaban J connectivity index is 2.16. The molecular formula is C14H21NO. The van der Waals surface area contributed by atoms with Gasteiger partial charge >= 0.3 is 0 Å². The van der Waals surface area contributed by atoms with Crippen LogP contribution in [0.2, 0.25) is 0 Å². The third kappa shape index (κ3) is 2.45. The quantitative estimate of drug-likeness (QED) is 0.826. The van der Waals surface area contributed by atoms with Crippen LogP contribution in [0.5, 0.6) is 0 Å². The molecule has 2 rings (SSSR count). The van der Waals surface area contributed by atoms with E-state index in [1.807, 2.05) is 0 Å². The van der Waals surface area contributed by atoms with Gasteiger partial charge in [-0.15, -0.1) is 0 Å². The minimum atomic E-state index is -0.0212. The lowest BCUT2D eigenvalue weighted by Crippen LogP contribution is -2.48. The maximum atomic E-state index is 6.20. The molecule has 0 saturated carbocycles. The second kappa shape index (κ2) is 4.56. The molecular weight excluding hydrogens is 198 g/mol. The van der Waals surface area contributed by atoms with Gasteiger partial charge in [-0.2, -0.15) is 0 Å². The highest BCUT2D eigenvalue weighted by atomic mass is 16.5. The van der Waals surface area contributed by atoms with Gasteiger partial charge in [-0.05, 0) is 25.8 Å². The topological polar surface area (TPSA) is 21.3 Å².